The molecule has 12 heavy (non-hydrogen) atoms. The molecule has 1 heterocycles. The zero-order chi connectivity index (χ0) is 9.40. The van der Waals surface area contributed by atoms with Crippen molar-refractivity contribution in [2.75, 3.05) is 26.5 Å². The molecular formula is C9H17N3. The Balaban J connectivity index is 0.000000354. The number of nitrogens with zero attached hydrogens (tertiary/aromatic N) is 1. The van der Waals surface area contributed by atoms with E-state index in [1.807, 2.05) is 40.2 Å². The molecule has 0 aliphatic rings. The first-order valence-electron chi connectivity index (χ1n) is 3.94. The molecule has 3 heteroatoms. The highest BCUT2D eigenvalue weighted by Crippen LogP contribution is 2.06. The van der Waals surface area contributed by atoms with Crippen LogP contribution in [0.25, 0.3) is 0 Å². The van der Waals surface area contributed by atoms with Crippen LogP contribution >= 0.6 is 0 Å². The maximum Gasteiger partial charge on any atom is 0.128 e. The van der Waals surface area contributed by atoms with E-state index in [4.69, 9.17) is 0 Å². The van der Waals surface area contributed by atoms with Gasteiger partial charge in [0.05, 0.1) is 0 Å². The first-order valence-corrected chi connectivity index (χ1v) is 3.94. The number of aromatic nitrogens is 1. The fourth-order valence-electron chi connectivity index (χ4n) is 0.747. The second kappa shape index (κ2) is 6.61. The molecule has 0 fully saturated rings. The average Bonchev–Trinajstić information content (AvgIpc) is 2.07. The lowest BCUT2D eigenvalue weighted by atomic mass is 10.3. The van der Waals surface area contributed by atoms with Crippen molar-refractivity contribution in [3.05, 3.63) is 23.9 Å². The molecule has 0 unspecified atom stereocenters. The molecular weight excluding hydrogens is 150 g/mol. The van der Waals surface area contributed by atoms with Crippen LogP contribution in [0.4, 0.5) is 5.82 Å². The van der Waals surface area contributed by atoms with Gasteiger partial charge in [-0.1, -0.05) is 6.07 Å². The predicted octanol–water partition coefficient (Wildman–Crippen LogP) is 1.27. The summed E-state index contributed by atoms with van der Waals surface area (Å²) in [5, 5.41) is 5.73. The maximum absolute atomic E-state index is 4.09. The summed E-state index contributed by atoms with van der Waals surface area (Å²) < 4.78 is 0. The lowest BCUT2D eigenvalue weighted by molar-refractivity contribution is 1.02. The fraction of sp³-hybridized carbons (Fsp3) is 0.444. The van der Waals surface area contributed by atoms with E-state index in [-0.39, 0.29) is 0 Å². The first-order chi connectivity index (χ1) is 5.76. The van der Waals surface area contributed by atoms with Crippen LogP contribution in [0.5, 0.6) is 0 Å². The van der Waals surface area contributed by atoms with Gasteiger partial charge in [0.1, 0.15) is 5.82 Å². The third-order valence-electron chi connectivity index (χ3n) is 1.25. The summed E-state index contributed by atoms with van der Waals surface area (Å²) >= 11 is 0. The van der Waals surface area contributed by atoms with Crippen LogP contribution in [0.15, 0.2) is 18.3 Å². The summed E-state index contributed by atoms with van der Waals surface area (Å²) in [7, 11) is 5.62. The van der Waals surface area contributed by atoms with Crippen LogP contribution < -0.4 is 10.6 Å². The molecule has 0 spiro atoms. The number of aryl methyl sites for hydroxylation is 1. The zero-order valence-corrected chi connectivity index (χ0v) is 8.18. The summed E-state index contributed by atoms with van der Waals surface area (Å²) in [4.78, 5) is 4.09. The summed E-state index contributed by atoms with van der Waals surface area (Å²) in [6.45, 7) is 2.03. The van der Waals surface area contributed by atoms with Gasteiger partial charge in [0, 0.05) is 13.2 Å². The Labute approximate surface area is 74.2 Å². The quantitative estimate of drug-likeness (QED) is 0.661. The Morgan fingerprint density at radius 1 is 1.25 bits per heavy atom. The van der Waals surface area contributed by atoms with Gasteiger partial charge in [0.25, 0.3) is 0 Å². The number of anilines is 1. The Morgan fingerprint density at radius 2 is 1.83 bits per heavy atom. The van der Waals surface area contributed by atoms with Crippen LogP contribution in [-0.4, -0.2) is 26.1 Å². The number of rotatable bonds is 1. The molecule has 0 aliphatic carbocycles. The summed E-state index contributed by atoms with van der Waals surface area (Å²) in [6.07, 6.45) is 1.78. The second-order valence-corrected chi connectivity index (χ2v) is 2.42. The largest absolute Gasteiger partial charge is 0.373 e. The topological polar surface area (TPSA) is 37.0 Å². The standard InChI is InChI=1S/C7H10N2.C2H7N/c1-6-4-3-5-9-7(6)8-2;1-3-2/h3-5H,1-2H3,(H,8,9);3H,1-2H3. The van der Waals surface area contributed by atoms with Gasteiger partial charge in [-0.2, -0.15) is 0 Å². The molecule has 0 aliphatic heterocycles. The van der Waals surface area contributed by atoms with Crippen molar-refractivity contribution < 1.29 is 0 Å². The van der Waals surface area contributed by atoms with Crippen molar-refractivity contribution in [2.24, 2.45) is 0 Å². The van der Waals surface area contributed by atoms with Crippen molar-refractivity contribution in [3.63, 3.8) is 0 Å². The van der Waals surface area contributed by atoms with Crippen molar-refractivity contribution in [1.29, 1.82) is 0 Å². The van der Waals surface area contributed by atoms with Crippen LogP contribution in [0, 0.1) is 6.92 Å². The summed E-state index contributed by atoms with van der Waals surface area (Å²) in [5.74, 6) is 0.956. The molecule has 1 aromatic rings. The molecule has 68 valence electrons. The van der Waals surface area contributed by atoms with E-state index in [0.717, 1.165) is 5.82 Å². The number of pyridine rings is 1. The van der Waals surface area contributed by atoms with Gasteiger partial charge in [-0.3, -0.25) is 0 Å². The molecule has 0 saturated heterocycles. The molecule has 1 aromatic heterocycles. The highest BCUT2D eigenvalue weighted by Gasteiger charge is 1.90. The van der Waals surface area contributed by atoms with E-state index < -0.39 is 0 Å². The van der Waals surface area contributed by atoms with Gasteiger partial charge in [-0.05, 0) is 32.6 Å². The molecule has 0 aromatic carbocycles. The van der Waals surface area contributed by atoms with Gasteiger partial charge < -0.3 is 10.6 Å². The molecule has 1 rings (SSSR count). The smallest absolute Gasteiger partial charge is 0.128 e. The minimum Gasteiger partial charge on any atom is -0.373 e. The van der Waals surface area contributed by atoms with Gasteiger partial charge in [0.2, 0.25) is 0 Å². The molecule has 0 radical (unpaired) electrons. The predicted molar refractivity (Wildman–Crippen MR) is 53.5 cm³/mol. The molecule has 0 bridgehead atoms. The minimum absolute atomic E-state index is 0.956. The zero-order valence-electron chi connectivity index (χ0n) is 8.18. The molecule has 0 amide bonds. The van der Waals surface area contributed by atoms with Crippen molar-refractivity contribution in [3.8, 4) is 0 Å². The Bertz CT molecular complexity index is 211. The van der Waals surface area contributed by atoms with Crippen LogP contribution in [0.3, 0.4) is 0 Å². The first kappa shape index (κ1) is 10.9. The molecule has 2 N–H and O–H groups in total. The van der Waals surface area contributed by atoms with E-state index in [9.17, 15) is 0 Å². The van der Waals surface area contributed by atoms with Crippen molar-refractivity contribution in [2.45, 2.75) is 6.92 Å². The van der Waals surface area contributed by atoms with Crippen LogP contribution in [-0.2, 0) is 0 Å². The van der Waals surface area contributed by atoms with E-state index >= 15 is 0 Å². The van der Waals surface area contributed by atoms with Crippen molar-refractivity contribution in [1.82, 2.24) is 10.3 Å². The van der Waals surface area contributed by atoms with Gasteiger partial charge in [-0.15, -0.1) is 0 Å². The van der Waals surface area contributed by atoms with E-state index in [0.29, 0.717) is 0 Å². The Hall–Kier alpha value is -1.09. The number of nitrogens with one attached hydrogen (secondary N) is 2. The van der Waals surface area contributed by atoms with Gasteiger partial charge >= 0.3 is 0 Å². The normalized spacial score (nSPS) is 8.33. The van der Waals surface area contributed by atoms with Crippen LogP contribution in [0.2, 0.25) is 0 Å². The second-order valence-electron chi connectivity index (χ2n) is 2.42. The van der Waals surface area contributed by atoms with Crippen LogP contribution in [0.1, 0.15) is 5.56 Å². The SMILES string of the molecule is CNC.CNc1ncccc1C. The Kier molecular flexibility index (Phi) is 6.01. The lowest BCUT2D eigenvalue weighted by Gasteiger charge is -1.99. The number of hydrogen-bond donors (Lipinski definition) is 2. The van der Waals surface area contributed by atoms with Gasteiger partial charge in [0.15, 0.2) is 0 Å². The number of hydrogen-bond acceptors (Lipinski definition) is 3. The third-order valence-corrected chi connectivity index (χ3v) is 1.25. The van der Waals surface area contributed by atoms with E-state index in [1.165, 1.54) is 5.56 Å². The highest BCUT2D eigenvalue weighted by molar-refractivity contribution is 5.41. The van der Waals surface area contributed by atoms with Crippen molar-refractivity contribution >= 4 is 5.82 Å². The monoisotopic (exact) mass is 167 g/mol. The molecule has 3 nitrogen and oxygen atoms in total. The lowest BCUT2D eigenvalue weighted by Crippen LogP contribution is -1.93. The maximum atomic E-state index is 4.09. The molecule has 0 saturated carbocycles. The average molecular weight is 167 g/mol. The fourth-order valence-corrected chi connectivity index (χ4v) is 0.747. The minimum atomic E-state index is 0.956. The third kappa shape index (κ3) is 3.93. The van der Waals surface area contributed by atoms with E-state index in [2.05, 4.69) is 15.6 Å². The van der Waals surface area contributed by atoms with Gasteiger partial charge in [-0.25, -0.2) is 4.98 Å². The Morgan fingerprint density at radius 3 is 2.17 bits per heavy atom. The van der Waals surface area contributed by atoms with E-state index in [1.54, 1.807) is 6.20 Å². The summed E-state index contributed by atoms with van der Waals surface area (Å²) in [5.41, 5.74) is 1.18. The summed E-state index contributed by atoms with van der Waals surface area (Å²) in [6, 6.07) is 3.95. The highest BCUT2D eigenvalue weighted by atomic mass is 14.9. The molecule has 0 atom stereocenters.